The Morgan fingerprint density at radius 1 is 1.29 bits per heavy atom. The third kappa shape index (κ3) is 3.69. The van der Waals surface area contributed by atoms with E-state index in [9.17, 15) is 4.79 Å². The molecule has 1 aliphatic rings. The van der Waals surface area contributed by atoms with Gasteiger partial charge in [-0.3, -0.25) is 9.48 Å². The molecule has 2 aromatic rings. The van der Waals surface area contributed by atoms with Crippen LogP contribution >= 0.6 is 0 Å². The number of rotatable bonds is 6. The average molecular weight is 325 g/mol. The molecular formula is C20H27N3O. The van der Waals surface area contributed by atoms with Gasteiger partial charge in [-0.1, -0.05) is 57.0 Å². The van der Waals surface area contributed by atoms with E-state index in [2.05, 4.69) is 36.4 Å². The summed E-state index contributed by atoms with van der Waals surface area (Å²) in [5, 5.41) is 7.73. The molecule has 1 aromatic carbocycles. The van der Waals surface area contributed by atoms with E-state index in [0.717, 1.165) is 30.5 Å². The summed E-state index contributed by atoms with van der Waals surface area (Å²) < 4.78 is 1.98. The summed E-state index contributed by atoms with van der Waals surface area (Å²) in [5.41, 5.74) is 2.99. The molecule has 0 bridgehead atoms. The zero-order valence-electron chi connectivity index (χ0n) is 14.7. The molecule has 2 unspecified atom stereocenters. The molecule has 0 radical (unpaired) electrons. The van der Waals surface area contributed by atoms with Crippen LogP contribution in [-0.4, -0.2) is 21.7 Å². The van der Waals surface area contributed by atoms with Gasteiger partial charge in [0.15, 0.2) is 0 Å². The van der Waals surface area contributed by atoms with Crippen LogP contribution in [0.15, 0.2) is 36.5 Å². The van der Waals surface area contributed by atoms with Crippen LogP contribution < -0.4 is 5.32 Å². The second kappa shape index (κ2) is 7.65. The van der Waals surface area contributed by atoms with Gasteiger partial charge in [0.1, 0.15) is 0 Å². The number of hydrogen-bond acceptors (Lipinski definition) is 2. The molecule has 1 fully saturated rings. The highest BCUT2D eigenvalue weighted by molar-refractivity contribution is 5.95. The Morgan fingerprint density at radius 2 is 2.08 bits per heavy atom. The second-order valence-corrected chi connectivity index (χ2v) is 6.89. The molecule has 0 aliphatic heterocycles. The maximum atomic E-state index is 12.7. The van der Waals surface area contributed by atoms with Crippen LogP contribution in [0.1, 0.15) is 61.1 Å². The Hall–Kier alpha value is -2.10. The Morgan fingerprint density at radius 3 is 2.75 bits per heavy atom. The standard InChI is InChI=1S/C20H27N3O/c1-3-8-19-17(20(24)22-18-12-7-9-15(18)2)13-21-23(19)14-16-10-5-4-6-11-16/h4-6,10-11,13,15,18H,3,7-9,12,14H2,1-2H3,(H,22,24). The lowest BCUT2D eigenvalue weighted by Crippen LogP contribution is -2.36. The maximum Gasteiger partial charge on any atom is 0.254 e. The van der Waals surface area contributed by atoms with Crippen molar-refractivity contribution < 1.29 is 4.79 Å². The van der Waals surface area contributed by atoms with Gasteiger partial charge in [-0.25, -0.2) is 0 Å². The van der Waals surface area contributed by atoms with Crippen molar-refractivity contribution in [2.75, 3.05) is 0 Å². The summed E-state index contributed by atoms with van der Waals surface area (Å²) in [6.07, 6.45) is 7.12. The van der Waals surface area contributed by atoms with Crippen molar-refractivity contribution in [3.05, 3.63) is 53.3 Å². The highest BCUT2D eigenvalue weighted by Gasteiger charge is 2.26. The van der Waals surface area contributed by atoms with Crippen LogP contribution in [-0.2, 0) is 13.0 Å². The van der Waals surface area contributed by atoms with Crippen molar-refractivity contribution in [3.63, 3.8) is 0 Å². The van der Waals surface area contributed by atoms with Crippen LogP contribution in [0.5, 0.6) is 0 Å². The number of nitrogens with one attached hydrogen (secondary N) is 1. The SMILES string of the molecule is CCCc1c(C(=O)NC2CCCC2C)cnn1Cc1ccccc1. The minimum Gasteiger partial charge on any atom is -0.349 e. The molecule has 1 amide bonds. The summed E-state index contributed by atoms with van der Waals surface area (Å²) in [4.78, 5) is 12.7. The van der Waals surface area contributed by atoms with Crippen LogP contribution in [0.2, 0.25) is 0 Å². The minimum absolute atomic E-state index is 0.0384. The van der Waals surface area contributed by atoms with Gasteiger partial charge >= 0.3 is 0 Å². The molecule has 128 valence electrons. The predicted octanol–water partition coefficient (Wildman–Crippen LogP) is 3.80. The summed E-state index contributed by atoms with van der Waals surface area (Å²) in [6, 6.07) is 10.6. The summed E-state index contributed by atoms with van der Waals surface area (Å²) in [6.45, 7) is 5.08. The van der Waals surface area contributed by atoms with Gasteiger partial charge in [-0.05, 0) is 30.7 Å². The van der Waals surface area contributed by atoms with Gasteiger partial charge in [-0.2, -0.15) is 5.10 Å². The fourth-order valence-corrected chi connectivity index (χ4v) is 3.60. The van der Waals surface area contributed by atoms with Crippen molar-refractivity contribution in [3.8, 4) is 0 Å². The van der Waals surface area contributed by atoms with E-state index in [1.54, 1.807) is 6.20 Å². The van der Waals surface area contributed by atoms with Crippen molar-refractivity contribution >= 4 is 5.91 Å². The zero-order valence-corrected chi connectivity index (χ0v) is 14.7. The number of nitrogens with zero attached hydrogens (tertiary/aromatic N) is 2. The third-order valence-electron chi connectivity index (χ3n) is 5.03. The molecule has 2 atom stereocenters. The third-order valence-corrected chi connectivity index (χ3v) is 5.03. The van der Waals surface area contributed by atoms with Gasteiger partial charge in [0, 0.05) is 6.04 Å². The Balaban J connectivity index is 1.78. The van der Waals surface area contributed by atoms with E-state index in [0.29, 0.717) is 18.5 Å². The molecule has 0 spiro atoms. The smallest absolute Gasteiger partial charge is 0.254 e. The fraction of sp³-hybridized carbons (Fsp3) is 0.500. The lowest BCUT2D eigenvalue weighted by molar-refractivity contribution is 0.0928. The Labute approximate surface area is 144 Å². The lowest BCUT2D eigenvalue weighted by atomic mass is 10.1. The first-order chi connectivity index (χ1) is 11.7. The maximum absolute atomic E-state index is 12.7. The van der Waals surface area contributed by atoms with E-state index in [-0.39, 0.29) is 5.91 Å². The minimum atomic E-state index is 0.0384. The fourth-order valence-electron chi connectivity index (χ4n) is 3.60. The quantitative estimate of drug-likeness (QED) is 0.878. The molecular weight excluding hydrogens is 298 g/mol. The largest absolute Gasteiger partial charge is 0.349 e. The van der Waals surface area contributed by atoms with Gasteiger partial charge < -0.3 is 5.32 Å². The van der Waals surface area contributed by atoms with Gasteiger partial charge in [0.25, 0.3) is 5.91 Å². The van der Waals surface area contributed by atoms with E-state index in [1.165, 1.54) is 18.4 Å². The van der Waals surface area contributed by atoms with Crippen LogP contribution in [0.3, 0.4) is 0 Å². The predicted molar refractivity (Wildman–Crippen MR) is 96.0 cm³/mol. The van der Waals surface area contributed by atoms with Crippen molar-refractivity contribution in [1.29, 1.82) is 0 Å². The summed E-state index contributed by atoms with van der Waals surface area (Å²) in [5.74, 6) is 0.611. The first-order valence-electron chi connectivity index (χ1n) is 9.08. The van der Waals surface area contributed by atoms with Crippen LogP contribution in [0, 0.1) is 5.92 Å². The first-order valence-corrected chi connectivity index (χ1v) is 9.08. The van der Waals surface area contributed by atoms with E-state index in [1.807, 2.05) is 22.9 Å². The Kier molecular flexibility index (Phi) is 5.34. The molecule has 24 heavy (non-hydrogen) atoms. The molecule has 0 saturated heterocycles. The average Bonchev–Trinajstić information content (AvgIpc) is 3.16. The summed E-state index contributed by atoms with van der Waals surface area (Å²) in [7, 11) is 0. The van der Waals surface area contributed by atoms with E-state index >= 15 is 0 Å². The van der Waals surface area contributed by atoms with E-state index < -0.39 is 0 Å². The zero-order chi connectivity index (χ0) is 16.9. The van der Waals surface area contributed by atoms with Gasteiger partial charge in [-0.15, -0.1) is 0 Å². The highest BCUT2D eigenvalue weighted by Crippen LogP contribution is 2.25. The number of amides is 1. The molecule has 1 aromatic heterocycles. The molecule has 1 saturated carbocycles. The van der Waals surface area contributed by atoms with Gasteiger partial charge in [0.2, 0.25) is 0 Å². The van der Waals surface area contributed by atoms with Crippen LogP contribution in [0.25, 0.3) is 0 Å². The lowest BCUT2D eigenvalue weighted by Gasteiger charge is -2.17. The van der Waals surface area contributed by atoms with Crippen LogP contribution in [0.4, 0.5) is 0 Å². The van der Waals surface area contributed by atoms with Gasteiger partial charge in [0.05, 0.1) is 24.0 Å². The normalized spacial score (nSPS) is 20.2. The molecule has 4 heteroatoms. The Bertz CT molecular complexity index is 677. The van der Waals surface area contributed by atoms with E-state index in [4.69, 9.17) is 0 Å². The number of aromatic nitrogens is 2. The molecule has 1 aliphatic carbocycles. The van der Waals surface area contributed by atoms with Crippen molar-refractivity contribution in [2.24, 2.45) is 5.92 Å². The number of hydrogen-bond donors (Lipinski definition) is 1. The second-order valence-electron chi connectivity index (χ2n) is 6.89. The number of carbonyl (C=O) groups is 1. The molecule has 1 N–H and O–H groups in total. The monoisotopic (exact) mass is 325 g/mol. The van der Waals surface area contributed by atoms with Crippen molar-refractivity contribution in [2.45, 2.75) is 58.5 Å². The summed E-state index contributed by atoms with van der Waals surface area (Å²) >= 11 is 0. The molecule has 1 heterocycles. The molecule has 4 nitrogen and oxygen atoms in total. The topological polar surface area (TPSA) is 46.9 Å². The molecule has 3 rings (SSSR count). The van der Waals surface area contributed by atoms with Crippen molar-refractivity contribution in [1.82, 2.24) is 15.1 Å². The first kappa shape index (κ1) is 16.7. The highest BCUT2D eigenvalue weighted by atomic mass is 16.1. The number of benzene rings is 1. The number of carbonyl (C=O) groups excluding carboxylic acids is 1.